The predicted octanol–water partition coefficient (Wildman–Crippen LogP) is 2.76. The van der Waals surface area contributed by atoms with Gasteiger partial charge in [0.1, 0.15) is 12.2 Å². The van der Waals surface area contributed by atoms with Gasteiger partial charge in [-0.3, -0.25) is 4.98 Å². The first kappa shape index (κ1) is 21.1. The van der Waals surface area contributed by atoms with Crippen LogP contribution in [-0.4, -0.2) is 38.8 Å². The molecule has 2 heterocycles. The van der Waals surface area contributed by atoms with Crippen molar-refractivity contribution in [3.63, 3.8) is 0 Å². The fourth-order valence-corrected chi connectivity index (χ4v) is 2.84. The second kappa shape index (κ2) is 10.8. The second-order valence-corrected chi connectivity index (χ2v) is 5.89. The molecule has 0 atom stereocenters. The van der Waals surface area contributed by atoms with Crippen molar-refractivity contribution in [2.24, 2.45) is 4.99 Å². The molecule has 0 radical (unpaired) electrons. The first-order valence-electron chi connectivity index (χ1n) is 9.03. The number of guanidine groups is 1. The maximum atomic E-state index is 4.69. The number of aryl methyl sites for hydroxylation is 1. The van der Waals surface area contributed by atoms with Gasteiger partial charge < -0.3 is 15.2 Å². The van der Waals surface area contributed by atoms with Crippen molar-refractivity contribution in [3.05, 3.63) is 54.4 Å². The van der Waals surface area contributed by atoms with Gasteiger partial charge in [-0.2, -0.15) is 0 Å². The van der Waals surface area contributed by atoms with Gasteiger partial charge in [0.25, 0.3) is 0 Å². The van der Waals surface area contributed by atoms with Crippen molar-refractivity contribution >= 4 is 40.7 Å². The molecule has 2 N–H and O–H groups in total. The molecule has 0 spiro atoms. The Labute approximate surface area is 176 Å². The Kier molecular flexibility index (Phi) is 8.43. The Bertz CT molecular complexity index is 870. The molecule has 0 aliphatic rings. The van der Waals surface area contributed by atoms with Crippen LogP contribution in [0.25, 0.3) is 10.8 Å². The highest BCUT2D eigenvalue weighted by Crippen LogP contribution is 2.16. The van der Waals surface area contributed by atoms with Gasteiger partial charge >= 0.3 is 0 Å². The number of hydrogen-bond acceptors (Lipinski definition) is 4. The highest BCUT2D eigenvalue weighted by atomic mass is 127. The van der Waals surface area contributed by atoms with Gasteiger partial charge in [-0.25, -0.2) is 4.99 Å². The van der Waals surface area contributed by atoms with Crippen LogP contribution in [0.15, 0.2) is 47.8 Å². The lowest BCUT2D eigenvalue weighted by molar-refractivity contribution is 0.632. The normalized spacial score (nSPS) is 11.3. The minimum Gasteiger partial charge on any atom is -0.357 e. The van der Waals surface area contributed by atoms with Gasteiger partial charge in [-0.15, -0.1) is 34.2 Å². The van der Waals surface area contributed by atoms with Crippen molar-refractivity contribution < 1.29 is 0 Å². The summed E-state index contributed by atoms with van der Waals surface area (Å²) in [6, 6.07) is 10.3. The average molecular weight is 479 g/mol. The molecule has 0 bridgehead atoms. The predicted molar refractivity (Wildman–Crippen MR) is 119 cm³/mol. The van der Waals surface area contributed by atoms with Gasteiger partial charge in [0.15, 0.2) is 5.96 Å². The van der Waals surface area contributed by atoms with Gasteiger partial charge in [-0.1, -0.05) is 31.2 Å². The van der Waals surface area contributed by atoms with E-state index in [1.807, 2.05) is 24.4 Å². The third-order valence-corrected chi connectivity index (χ3v) is 4.14. The van der Waals surface area contributed by atoms with Crippen molar-refractivity contribution in [1.82, 2.24) is 30.4 Å². The van der Waals surface area contributed by atoms with E-state index in [-0.39, 0.29) is 24.0 Å². The molecule has 3 aromatic rings. The van der Waals surface area contributed by atoms with Gasteiger partial charge in [0.2, 0.25) is 0 Å². The minimum atomic E-state index is 0. The van der Waals surface area contributed by atoms with Crippen molar-refractivity contribution in [1.29, 1.82) is 0 Å². The summed E-state index contributed by atoms with van der Waals surface area (Å²) in [6.07, 6.45) is 4.48. The molecule has 27 heavy (non-hydrogen) atoms. The zero-order valence-corrected chi connectivity index (χ0v) is 18.1. The van der Waals surface area contributed by atoms with E-state index in [1.54, 1.807) is 6.33 Å². The lowest BCUT2D eigenvalue weighted by Gasteiger charge is -2.12. The van der Waals surface area contributed by atoms with Crippen LogP contribution in [0.4, 0.5) is 0 Å². The first-order chi connectivity index (χ1) is 12.8. The molecule has 0 fully saturated rings. The van der Waals surface area contributed by atoms with Crippen molar-refractivity contribution in [2.45, 2.75) is 33.4 Å². The number of nitrogens with zero attached hydrogens (tertiary/aromatic N) is 5. The van der Waals surface area contributed by atoms with Crippen molar-refractivity contribution in [2.75, 3.05) is 13.1 Å². The molecule has 0 unspecified atom stereocenters. The Morgan fingerprint density at radius 3 is 2.81 bits per heavy atom. The molecule has 2 aromatic heterocycles. The highest BCUT2D eigenvalue weighted by molar-refractivity contribution is 14.0. The molecule has 7 nitrogen and oxygen atoms in total. The van der Waals surface area contributed by atoms with E-state index in [0.29, 0.717) is 6.54 Å². The number of fused-ring (bicyclic) bond motifs is 1. The van der Waals surface area contributed by atoms with Gasteiger partial charge in [0, 0.05) is 37.6 Å². The zero-order chi connectivity index (χ0) is 18.2. The molecule has 144 valence electrons. The third-order valence-electron chi connectivity index (χ3n) is 4.14. The summed E-state index contributed by atoms with van der Waals surface area (Å²) in [5.74, 6) is 1.78. The Hall–Kier alpha value is -2.23. The van der Waals surface area contributed by atoms with E-state index in [1.165, 1.54) is 5.39 Å². The standard InChI is InChI=1S/C19H25N7.HI/c1-3-18-25-24-14-26(18)12-11-22-19(20-4-2)23-13-17-16-8-6-5-7-15(16)9-10-21-17;/h5-10,14H,3-4,11-13H2,1-2H3,(H2,20,22,23);1H. The highest BCUT2D eigenvalue weighted by Gasteiger charge is 2.04. The van der Waals surface area contributed by atoms with Crippen LogP contribution < -0.4 is 10.6 Å². The lowest BCUT2D eigenvalue weighted by Crippen LogP contribution is -2.39. The number of aliphatic imine (C=N–C) groups is 1. The average Bonchev–Trinajstić information content (AvgIpc) is 3.13. The molecule has 0 saturated heterocycles. The van der Waals surface area contributed by atoms with Crippen LogP contribution in [0.3, 0.4) is 0 Å². The van der Waals surface area contributed by atoms with Crippen LogP contribution in [0, 0.1) is 0 Å². The summed E-state index contributed by atoms with van der Waals surface area (Å²) in [4.78, 5) is 9.19. The molecule has 0 aliphatic heterocycles. The van der Waals surface area contributed by atoms with E-state index in [9.17, 15) is 0 Å². The molecule has 1 aromatic carbocycles. The van der Waals surface area contributed by atoms with Crippen LogP contribution in [-0.2, 0) is 19.5 Å². The Morgan fingerprint density at radius 2 is 2.00 bits per heavy atom. The SMILES string of the molecule is CCNC(=NCc1nccc2ccccc12)NCCn1cnnc1CC.I. The smallest absolute Gasteiger partial charge is 0.191 e. The summed E-state index contributed by atoms with van der Waals surface area (Å²) < 4.78 is 2.06. The summed E-state index contributed by atoms with van der Waals surface area (Å²) in [5.41, 5.74) is 0.979. The van der Waals surface area contributed by atoms with Crippen LogP contribution in [0.5, 0.6) is 0 Å². The fraction of sp³-hybridized carbons (Fsp3) is 0.368. The molecule has 8 heteroatoms. The minimum absolute atomic E-state index is 0. The van der Waals surface area contributed by atoms with E-state index < -0.39 is 0 Å². The van der Waals surface area contributed by atoms with Gasteiger partial charge in [-0.05, 0) is 18.4 Å². The van der Waals surface area contributed by atoms with Crippen LogP contribution in [0.2, 0.25) is 0 Å². The number of aromatic nitrogens is 4. The molecule has 0 aliphatic carbocycles. The number of nitrogens with one attached hydrogen (secondary N) is 2. The molecular weight excluding hydrogens is 453 g/mol. The molecule has 0 amide bonds. The number of benzene rings is 1. The van der Waals surface area contributed by atoms with Gasteiger partial charge in [0.05, 0.1) is 12.2 Å². The van der Waals surface area contributed by atoms with Crippen molar-refractivity contribution in [3.8, 4) is 0 Å². The first-order valence-corrected chi connectivity index (χ1v) is 9.03. The van der Waals surface area contributed by atoms with E-state index in [2.05, 4.69) is 61.4 Å². The van der Waals surface area contributed by atoms with Crippen LogP contribution >= 0.6 is 24.0 Å². The monoisotopic (exact) mass is 479 g/mol. The zero-order valence-electron chi connectivity index (χ0n) is 15.7. The second-order valence-electron chi connectivity index (χ2n) is 5.89. The molecule has 3 rings (SSSR count). The summed E-state index contributed by atoms with van der Waals surface area (Å²) in [5, 5.41) is 17.0. The van der Waals surface area contributed by atoms with Crippen LogP contribution in [0.1, 0.15) is 25.4 Å². The number of hydrogen-bond donors (Lipinski definition) is 2. The Balaban J connectivity index is 0.00000261. The maximum Gasteiger partial charge on any atom is 0.191 e. The van der Waals surface area contributed by atoms with E-state index in [4.69, 9.17) is 0 Å². The topological polar surface area (TPSA) is 80.0 Å². The quantitative estimate of drug-likeness (QED) is 0.310. The van der Waals surface area contributed by atoms with E-state index >= 15 is 0 Å². The largest absolute Gasteiger partial charge is 0.357 e. The summed E-state index contributed by atoms with van der Waals surface area (Å²) >= 11 is 0. The number of pyridine rings is 1. The lowest BCUT2D eigenvalue weighted by atomic mass is 10.1. The van der Waals surface area contributed by atoms with E-state index in [0.717, 1.165) is 48.9 Å². The molecule has 0 saturated carbocycles. The number of halogens is 1. The fourth-order valence-electron chi connectivity index (χ4n) is 2.84. The number of rotatable bonds is 7. The summed E-state index contributed by atoms with van der Waals surface area (Å²) in [7, 11) is 0. The molecular formula is C19H26IN7. The third kappa shape index (κ3) is 5.62. The summed E-state index contributed by atoms with van der Waals surface area (Å²) in [6.45, 7) is 7.02. The Morgan fingerprint density at radius 1 is 1.15 bits per heavy atom. The maximum absolute atomic E-state index is 4.69.